The summed E-state index contributed by atoms with van der Waals surface area (Å²) in [6.45, 7) is 21.2. The van der Waals surface area contributed by atoms with E-state index < -0.39 is 113 Å². The summed E-state index contributed by atoms with van der Waals surface area (Å²) >= 11 is 0. The molecule has 1 aliphatic carbocycles. The molecule has 5 heterocycles. The Morgan fingerprint density at radius 1 is 0.938 bits per heavy atom. The van der Waals surface area contributed by atoms with Crippen molar-refractivity contribution in [2.75, 3.05) is 59.9 Å². The number of piperidine rings is 1. The maximum Gasteiger partial charge on any atom is 0.341 e. The number of aromatic nitrogens is 1. The Balaban J connectivity index is 0.000000307. The number of carboxylic acid groups (broad SMARTS) is 1. The molecule has 0 amide bonds. The van der Waals surface area contributed by atoms with Crippen molar-refractivity contribution in [1.82, 2.24) is 14.4 Å². The van der Waals surface area contributed by atoms with Crippen molar-refractivity contribution in [3.05, 3.63) is 33.9 Å². The summed E-state index contributed by atoms with van der Waals surface area (Å²) in [5.74, 6) is -4.02. The molecule has 5 fully saturated rings. The van der Waals surface area contributed by atoms with E-state index in [0.717, 1.165) is 25.3 Å². The average molecular weight is 1140 g/mol. The molecule has 7 rings (SSSR count). The zero-order valence-electron chi connectivity index (χ0n) is 50.1. The van der Waals surface area contributed by atoms with Gasteiger partial charge in [0, 0.05) is 69.4 Å². The molecule has 8 N–H and O–H groups in total. The molecule has 1 saturated carbocycles. The van der Waals surface area contributed by atoms with Crippen LogP contribution in [0.1, 0.15) is 138 Å². The fraction of sp³-hybridized carbons (Fsp3) is 0.810. The summed E-state index contributed by atoms with van der Waals surface area (Å²) in [4.78, 5) is 44.2. The number of rotatable bonds is 11. The summed E-state index contributed by atoms with van der Waals surface area (Å²) in [6, 6.07) is 0.494. The van der Waals surface area contributed by atoms with Gasteiger partial charge in [-0.25, -0.2) is 9.18 Å². The molecule has 4 saturated heterocycles. The number of likely N-dealkylation sites (N-methyl/N-ethyl adjacent to an activating group) is 2. The predicted molar refractivity (Wildman–Crippen MR) is 298 cm³/mol. The Morgan fingerprint density at radius 3 is 2.15 bits per heavy atom. The molecule has 1 aromatic carbocycles. The number of ether oxygens (including phenoxy) is 7. The van der Waals surface area contributed by atoms with Gasteiger partial charge in [0.1, 0.15) is 41.3 Å². The summed E-state index contributed by atoms with van der Waals surface area (Å²) in [5, 5.41) is 67.6. The number of esters is 1. The number of nitrogens with two attached hydrogens (primary N) is 1. The van der Waals surface area contributed by atoms with Gasteiger partial charge in [-0.15, -0.1) is 0 Å². The molecule has 80 heavy (non-hydrogen) atoms. The number of cyclic esters (lactones) is 1. The van der Waals surface area contributed by atoms with Gasteiger partial charge in [-0.1, -0.05) is 27.7 Å². The molecule has 456 valence electrons. The van der Waals surface area contributed by atoms with E-state index >= 15 is 4.39 Å². The third-order valence-corrected chi connectivity index (χ3v) is 18.1. The SMILES string of the molecule is CC[C@H]1OC(=O)[C@H](C)[C@@H](O[C@H]2C[C@@](C)(OC)[C@@H](O)[C@H](C)O2)[C@H](C)[C@@H](O[C@@H]2O[C@H](C)C[C@H](N(C)C)[C@H]2O)[C@](C)(O)C[C@@H](C)CN(C)[C@H](C)[C@@H](O)[C@]1(C)O.COc1c(N2CCC(N)C(C)C2)c(F)cc2c(=O)c(C(=O)O)cn(C3CC3)c12. The van der Waals surface area contributed by atoms with E-state index in [2.05, 4.69) is 0 Å². The number of aromatic carboxylic acids is 1. The summed E-state index contributed by atoms with van der Waals surface area (Å²) in [7, 11) is 8.57. The Kier molecular flexibility index (Phi) is 21.4. The number of carboxylic acids is 1. The van der Waals surface area contributed by atoms with E-state index in [4.69, 9.17) is 38.9 Å². The summed E-state index contributed by atoms with van der Waals surface area (Å²) in [5.41, 5.74) is 1.44. The van der Waals surface area contributed by atoms with E-state index in [9.17, 15) is 45.0 Å². The van der Waals surface area contributed by atoms with Crippen LogP contribution in [0.3, 0.4) is 0 Å². The molecule has 4 aliphatic heterocycles. The number of aliphatic hydroxyl groups is 5. The predicted octanol–water partition coefficient (Wildman–Crippen LogP) is 4.26. The molecule has 5 aliphatic rings. The molecule has 0 spiro atoms. The fourth-order valence-corrected chi connectivity index (χ4v) is 12.8. The van der Waals surface area contributed by atoms with Crippen molar-refractivity contribution in [3.63, 3.8) is 0 Å². The van der Waals surface area contributed by atoms with Crippen molar-refractivity contribution >= 4 is 28.5 Å². The van der Waals surface area contributed by atoms with Gasteiger partial charge < -0.3 is 88.8 Å². The lowest BCUT2D eigenvalue weighted by Crippen LogP contribution is -2.60. The Morgan fingerprint density at radius 2 is 1.59 bits per heavy atom. The Hall–Kier alpha value is -3.62. The molecule has 2 unspecified atom stereocenters. The first-order chi connectivity index (χ1) is 37.2. The lowest BCUT2D eigenvalue weighted by Gasteiger charge is -2.48. The van der Waals surface area contributed by atoms with Crippen LogP contribution in [-0.2, 0) is 33.2 Å². The molecule has 22 heteroatoms. The molecular weight excluding hydrogens is 1040 g/mol. The van der Waals surface area contributed by atoms with Gasteiger partial charge in [0.25, 0.3) is 0 Å². The number of hydrogen-bond donors (Lipinski definition) is 7. The monoisotopic (exact) mass is 1140 g/mol. The van der Waals surface area contributed by atoms with Gasteiger partial charge in [0.15, 0.2) is 24.1 Å². The molecule has 0 radical (unpaired) electrons. The number of nitrogens with zero attached hydrogens (tertiary/aromatic N) is 4. The standard InChI is InChI=1S/C38H72N2O12.C20H24FN3O4/c1-15-27-38(10,46)31(42)24(6)40(13)19-20(2)17-36(8,45)33(52-35-29(41)26(39(11)12)16-21(3)48-35)22(4)30(23(5)34(44)50-27)51-28-18-37(9,47-14)32(43)25(7)49-28;1-10-8-23(6-5-15(10)22)17-14(21)7-12-16(19(17)28-2)24(11-3-4-11)9-13(18(12)25)20(26)27/h20-33,35,41-43,45-46H,15-19H2,1-14H3;7,9-11,15H,3-6,8,22H2,1-2H3,(H,26,27)/t20-,21-,22+,23-,24-,25+,26+,27-,28+,29-,30+,31-,32+,33-,35+,36-,37-,38-;/m1./s1. The second-order valence-electron chi connectivity index (χ2n) is 25.0. The van der Waals surface area contributed by atoms with Gasteiger partial charge in [-0.2, -0.15) is 0 Å². The Bertz CT molecular complexity index is 2500. The van der Waals surface area contributed by atoms with E-state index in [1.165, 1.54) is 27.3 Å². The topological polar surface area (TPSA) is 278 Å². The van der Waals surface area contributed by atoms with Crippen LogP contribution in [0.5, 0.6) is 5.75 Å². The lowest BCUT2D eigenvalue weighted by atomic mass is 9.77. The highest BCUT2D eigenvalue weighted by Gasteiger charge is 2.53. The third-order valence-electron chi connectivity index (χ3n) is 18.1. The van der Waals surface area contributed by atoms with Crippen LogP contribution >= 0.6 is 0 Å². The number of carbonyl (C=O) groups excluding carboxylic acids is 1. The number of fused-ring (bicyclic) bond motifs is 1. The average Bonchev–Trinajstić information content (AvgIpc) is 4.24. The van der Waals surface area contributed by atoms with Gasteiger partial charge in [0.2, 0.25) is 5.43 Å². The zero-order chi connectivity index (χ0) is 59.8. The fourth-order valence-electron chi connectivity index (χ4n) is 12.8. The van der Waals surface area contributed by atoms with Crippen LogP contribution in [0.25, 0.3) is 10.9 Å². The van der Waals surface area contributed by atoms with Crippen LogP contribution in [0.4, 0.5) is 10.1 Å². The lowest BCUT2D eigenvalue weighted by molar-refractivity contribution is -0.318. The van der Waals surface area contributed by atoms with Crippen molar-refractivity contribution in [1.29, 1.82) is 0 Å². The smallest absolute Gasteiger partial charge is 0.341 e. The highest BCUT2D eigenvalue weighted by molar-refractivity contribution is 5.97. The maximum atomic E-state index is 15.2. The minimum atomic E-state index is -1.80. The number of hydrogen-bond acceptors (Lipinski definition) is 19. The quantitative estimate of drug-likeness (QED) is 0.155. The number of halogens is 1. The first-order valence-corrected chi connectivity index (χ1v) is 28.7. The summed E-state index contributed by atoms with van der Waals surface area (Å²) in [6.07, 6.45) is -4.34. The molecule has 21 nitrogen and oxygen atoms in total. The van der Waals surface area contributed by atoms with E-state index in [1.807, 2.05) is 63.5 Å². The van der Waals surface area contributed by atoms with E-state index in [0.29, 0.717) is 37.3 Å². The van der Waals surface area contributed by atoms with Gasteiger partial charge in [-0.05, 0) is 126 Å². The first kappa shape index (κ1) is 65.5. The van der Waals surface area contributed by atoms with Crippen molar-refractivity contribution in [2.24, 2.45) is 29.4 Å². The van der Waals surface area contributed by atoms with Gasteiger partial charge in [-0.3, -0.25) is 9.59 Å². The molecule has 20 atom stereocenters. The number of anilines is 1. The van der Waals surface area contributed by atoms with Crippen LogP contribution in [0, 0.1) is 29.5 Å². The van der Waals surface area contributed by atoms with E-state index in [1.54, 1.807) is 46.1 Å². The van der Waals surface area contributed by atoms with Gasteiger partial charge in [0.05, 0.1) is 59.5 Å². The molecular formula is C58H96FN5O16. The highest BCUT2D eigenvalue weighted by atomic mass is 19.1. The van der Waals surface area contributed by atoms with Crippen LogP contribution in [-0.4, -0.2) is 208 Å². The van der Waals surface area contributed by atoms with Crippen LogP contribution < -0.4 is 20.8 Å². The van der Waals surface area contributed by atoms with Crippen LogP contribution in [0.2, 0.25) is 0 Å². The van der Waals surface area contributed by atoms with Crippen LogP contribution in [0.15, 0.2) is 17.1 Å². The molecule has 1 aromatic heterocycles. The number of aliphatic hydroxyl groups excluding tert-OH is 3. The largest absolute Gasteiger partial charge is 0.492 e. The first-order valence-electron chi connectivity index (χ1n) is 28.7. The highest BCUT2D eigenvalue weighted by Crippen LogP contribution is 2.45. The van der Waals surface area contributed by atoms with Crippen molar-refractivity contribution in [3.8, 4) is 5.75 Å². The number of carbonyl (C=O) groups is 2. The second kappa shape index (κ2) is 26.1. The number of methoxy groups -OCH3 is 2. The minimum Gasteiger partial charge on any atom is -0.492 e. The molecule has 2 aromatic rings. The van der Waals surface area contributed by atoms with Crippen molar-refractivity contribution in [2.45, 2.75) is 223 Å². The normalized spacial score (nSPS) is 40.1. The third kappa shape index (κ3) is 14.0. The van der Waals surface area contributed by atoms with E-state index in [-0.39, 0.29) is 72.0 Å². The van der Waals surface area contributed by atoms with Crippen molar-refractivity contribution < 1.29 is 77.8 Å². The number of benzene rings is 1. The maximum absolute atomic E-state index is 15.2. The Labute approximate surface area is 471 Å². The molecule has 0 bridgehead atoms. The zero-order valence-corrected chi connectivity index (χ0v) is 50.1. The number of pyridine rings is 1. The van der Waals surface area contributed by atoms with Gasteiger partial charge >= 0.3 is 11.9 Å². The minimum absolute atomic E-state index is 0.0339. The summed E-state index contributed by atoms with van der Waals surface area (Å²) < 4.78 is 60.1. The second-order valence-corrected chi connectivity index (χ2v) is 25.0.